The van der Waals surface area contributed by atoms with Crippen molar-refractivity contribution in [3.63, 3.8) is 0 Å². The quantitative estimate of drug-likeness (QED) is 0.670. The zero-order chi connectivity index (χ0) is 13.3. The monoisotopic (exact) mass is 283 g/mol. The van der Waals surface area contributed by atoms with E-state index in [1.54, 1.807) is 0 Å². The Morgan fingerprint density at radius 3 is 2.56 bits per heavy atom. The Morgan fingerprint density at radius 1 is 1.17 bits per heavy atom. The predicted molar refractivity (Wildman–Crippen MR) is 70.7 cm³/mol. The van der Waals surface area contributed by atoms with Crippen LogP contribution in [0.1, 0.15) is 15.9 Å². The van der Waals surface area contributed by atoms with Gasteiger partial charge in [0.15, 0.2) is 5.78 Å². The molecule has 2 aromatic rings. The number of halogens is 3. The number of nitrogen functional groups attached to an aromatic ring is 1. The van der Waals surface area contributed by atoms with Crippen LogP contribution in [0.15, 0.2) is 36.4 Å². The minimum absolute atomic E-state index is 0.0949. The lowest BCUT2D eigenvalue weighted by molar-refractivity contribution is 0.103. The Bertz CT molecular complexity index is 628. The summed E-state index contributed by atoms with van der Waals surface area (Å²) in [5, 5.41) is 0.0730. The smallest absolute Gasteiger partial charge is 0.194 e. The molecule has 0 amide bonds. The zero-order valence-corrected chi connectivity index (χ0v) is 10.6. The lowest BCUT2D eigenvalue weighted by atomic mass is 10.0. The van der Waals surface area contributed by atoms with Gasteiger partial charge in [-0.2, -0.15) is 0 Å². The summed E-state index contributed by atoms with van der Waals surface area (Å²) in [5.74, 6) is -1.04. The SMILES string of the molecule is Nc1ccc(C(=O)c2cccc(F)c2Cl)cc1Cl. The number of anilines is 1. The first-order chi connectivity index (χ1) is 8.50. The molecule has 0 saturated heterocycles. The van der Waals surface area contributed by atoms with E-state index in [4.69, 9.17) is 28.9 Å². The Labute approximate surface area is 113 Å². The largest absolute Gasteiger partial charge is 0.398 e. The highest BCUT2D eigenvalue weighted by Crippen LogP contribution is 2.25. The Balaban J connectivity index is 2.48. The van der Waals surface area contributed by atoms with Gasteiger partial charge in [0.25, 0.3) is 0 Å². The molecule has 0 aliphatic carbocycles. The first-order valence-electron chi connectivity index (χ1n) is 5.04. The number of nitrogens with two attached hydrogens (primary N) is 1. The maximum Gasteiger partial charge on any atom is 0.194 e. The second-order valence-corrected chi connectivity index (χ2v) is 4.45. The van der Waals surface area contributed by atoms with Crippen LogP contribution in [0.25, 0.3) is 0 Å². The molecule has 0 aliphatic heterocycles. The minimum atomic E-state index is -0.635. The van der Waals surface area contributed by atoms with E-state index in [9.17, 15) is 9.18 Å². The van der Waals surface area contributed by atoms with E-state index in [-0.39, 0.29) is 15.6 Å². The Hall–Kier alpha value is -1.58. The molecule has 2 aromatic carbocycles. The molecule has 2 nitrogen and oxygen atoms in total. The van der Waals surface area contributed by atoms with Gasteiger partial charge in [-0.25, -0.2) is 4.39 Å². The summed E-state index contributed by atoms with van der Waals surface area (Å²) in [6.07, 6.45) is 0. The van der Waals surface area contributed by atoms with Crippen LogP contribution in [0.2, 0.25) is 10.0 Å². The van der Waals surface area contributed by atoms with Crippen molar-refractivity contribution in [2.75, 3.05) is 5.73 Å². The molecule has 5 heteroatoms. The fourth-order valence-corrected chi connectivity index (χ4v) is 1.90. The lowest BCUT2D eigenvalue weighted by Gasteiger charge is -2.06. The molecule has 0 unspecified atom stereocenters. The summed E-state index contributed by atoms with van der Waals surface area (Å²) < 4.78 is 13.3. The summed E-state index contributed by atoms with van der Waals surface area (Å²) in [5.41, 5.74) is 6.33. The van der Waals surface area contributed by atoms with Gasteiger partial charge in [0, 0.05) is 11.1 Å². The zero-order valence-electron chi connectivity index (χ0n) is 9.08. The summed E-state index contributed by atoms with van der Waals surface area (Å²) in [6, 6.07) is 8.54. The number of hydrogen-bond acceptors (Lipinski definition) is 2. The van der Waals surface area contributed by atoms with Gasteiger partial charge in [0.1, 0.15) is 5.82 Å². The fourth-order valence-electron chi connectivity index (χ4n) is 1.50. The third kappa shape index (κ3) is 2.33. The summed E-state index contributed by atoms with van der Waals surface area (Å²) >= 11 is 11.6. The van der Waals surface area contributed by atoms with Gasteiger partial charge in [0.05, 0.1) is 15.7 Å². The van der Waals surface area contributed by atoms with Gasteiger partial charge in [-0.05, 0) is 30.3 Å². The van der Waals surface area contributed by atoms with Gasteiger partial charge < -0.3 is 5.73 Å². The van der Waals surface area contributed by atoms with Crippen molar-refractivity contribution >= 4 is 34.7 Å². The van der Waals surface area contributed by atoms with Crippen LogP contribution < -0.4 is 5.73 Å². The van der Waals surface area contributed by atoms with Gasteiger partial charge in [-0.15, -0.1) is 0 Å². The first kappa shape index (κ1) is 12.9. The van der Waals surface area contributed by atoms with Crippen molar-refractivity contribution in [3.05, 3.63) is 63.4 Å². The van der Waals surface area contributed by atoms with E-state index in [0.717, 1.165) is 0 Å². The number of carbonyl (C=O) groups excluding carboxylic acids is 1. The van der Waals surface area contributed by atoms with Gasteiger partial charge in [0.2, 0.25) is 0 Å². The average molecular weight is 284 g/mol. The fraction of sp³-hybridized carbons (Fsp3) is 0. The van der Waals surface area contributed by atoms with Crippen LogP contribution in [0.5, 0.6) is 0 Å². The van der Waals surface area contributed by atoms with Crippen molar-refractivity contribution < 1.29 is 9.18 Å². The average Bonchev–Trinajstić information content (AvgIpc) is 2.35. The number of benzene rings is 2. The maximum atomic E-state index is 13.3. The normalized spacial score (nSPS) is 10.4. The number of hydrogen-bond donors (Lipinski definition) is 1. The molecule has 2 N–H and O–H groups in total. The molecule has 0 spiro atoms. The van der Waals surface area contributed by atoms with E-state index in [1.807, 2.05) is 0 Å². The third-order valence-corrected chi connectivity index (χ3v) is 3.17. The molecule has 0 atom stereocenters. The minimum Gasteiger partial charge on any atom is -0.398 e. The van der Waals surface area contributed by atoms with Gasteiger partial charge in [-0.1, -0.05) is 29.3 Å². The maximum absolute atomic E-state index is 13.3. The van der Waals surface area contributed by atoms with Gasteiger partial charge >= 0.3 is 0 Å². The summed E-state index contributed by atoms with van der Waals surface area (Å²) in [7, 11) is 0. The molecule has 0 bridgehead atoms. The first-order valence-corrected chi connectivity index (χ1v) is 5.80. The summed E-state index contributed by atoms with van der Waals surface area (Å²) in [4.78, 5) is 12.1. The molecule has 0 radical (unpaired) electrons. The van der Waals surface area contributed by atoms with Crippen LogP contribution in [-0.4, -0.2) is 5.78 Å². The molecule has 2 rings (SSSR count). The molecule has 0 aromatic heterocycles. The second-order valence-electron chi connectivity index (χ2n) is 3.67. The predicted octanol–water partition coefficient (Wildman–Crippen LogP) is 3.95. The van der Waals surface area contributed by atoms with Crippen LogP contribution in [0.3, 0.4) is 0 Å². The van der Waals surface area contributed by atoms with E-state index in [1.165, 1.54) is 36.4 Å². The van der Waals surface area contributed by atoms with Crippen molar-refractivity contribution in [1.29, 1.82) is 0 Å². The highest BCUT2D eigenvalue weighted by molar-refractivity contribution is 6.36. The topological polar surface area (TPSA) is 43.1 Å². The molecule has 92 valence electrons. The van der Waals surface area contributed by atoms with Crippen LogP contribution in [-0.2, 0) is 0 Å². The van der Waals surface area contributed by atoms with E-state index < -0.39 is 11.6 Å². The Kier molecular flexibility index (Phi) is 3.55. The highest BCUT2D eigenvalue weighted by Gasteiger charge is 2.16. The Morgan fingerprint density at radius 2 is 1.89 bits per heavy atom. The molecule has 0 fully saturated rings. The van der Waals surface area contributed by atoms with Crippen LogP contribution in [0.4, 0.5) is 10.1 Å². The standard InChI is InChI=1S/C13H8Cl2FNO/c14-9-6-7(4-5-11(9)17)13(18)8-2-1-3-10(16)12(8)15/h1-6H,17H2. The summed E-state index contributed by atoms with van der Waals surface area (Å²) in [6.45, 7) is 0. The number of carbonyl (C=O) groups is 1. The molecule has 0 heterocycles. The molecular weight excluding hydrogens is 276 g/mol. The molecule has 18 heavy (non-hydrogen) atoms. The van der Waals surface area contributed by atoms with Crippen molar-refractivity contribution in [2.24, 2.45) is 0 Å². The molecule has 0 saturated carbocycles. The van der Waals surface area contributed by atoms with Crippen molar-refractivity contribution in [1.82, 2.24) is 0 Å². The molecular formula is C13H8Cl2FNO. The molecule has 0 aliphatic rings. The van der Waals surface area contributed by atoms with Crippen LogP contribution in [0, 0.1) is 5.82 Å². The number of ketones is 1. The second kappa shape index (κ2) is 4.96. The third-order valence-electron chi connectivity index (χ3n) is 2.46. The van der Waals surface area contributed by atoms with E-state index in [2.05, 4.69) is 0 Å². The van der Waals surface area contributed by atoms with Crippen molar-refractivity contribution in [2.45, 2.75) is 0 Å². The number of rotatable bonds is 2. The lowest BCUT2D eigenvalue weighted by Crippen LogP contribution is -2.03. The highest BCUT2D eigenvalue weighted by atomic mass is 35.5. The van der Waals surface area contributed by atoms with Gasteiger partial charge in [-0.3, -0.25) is 4.79 Å². The van der Waals surface area contributed by atoms with E-state index in [0.29, 0.717) is 11.3 Å². The van der Waals surface area contributed by atoms with Crippen molar-refractivity contribution in [3.8, 4) is 0 Å². The van der Waals surface area contributed by atoms with Crippen LogP contribution >= 0.6 is 23.2 Å². The van der Waals surface area contributed by atoms with E-state index >= 15 is 0 Å².